The van der Waals surface area contributed by atoms with Gasteiger partial charge in [0.05, 0.1) is 36.4 Å². The third-order valence-electron chi connectivity index (χ3n) is 4.50. The van der Waals surface area contributed by atoms with Gasteiger partial charge < -0.3 is 10.1 Å². The fraction of sp³-hybridized carbons (Fsp3) is 0.0435. The van der Waals surface area contributed by atoms with Crippen LogP contribution >= 0.6 is 0 Å². The second-order valence-electron chi connectivity index (χ2n) is 6.39. The molecule has 1 N–H and O–H groups in total. The van der Waals surface area contributed by atoms with Gasteiger partial charge in [-0.1, -0.05) is 36.4 Å². The van der Waals surface area contributed by atoms with Crippen LogP contribution in [0.4, 0.5) is 10.1 Å². The van der Waals surface area contributed by atoms with E-state index in [4.69, 9.17) is 4.74 Å². The zero-order valence-electron chi connectivity index (χ0n) is 15.7. The third-order valence-corrected chi connectivity index (χ3v) is 4.50. The largest absolute Gasteiger partial charge is 0.497 e. The van der Waals surface area contributed by atoms with Gasteiger partial charge in [-0.25, -0.2) is 9.07 Å². The molecule has 1 heterocycles. The van der Waals surface area contributed by atoms with Gasteiger partial charge in [-0.2, -0.15) is 5.10 Å². The number of aromatic nitrogens is 2. The number of amides is 1. The molecule has 0 saturated heterocycles. The Morgan fingerprint density at radius 3 is 2.41 bits per heavy atom. The molecule has 4 aromatic rings. The first kappa shape index (κ1) is 18.4. The van der Waals surface area contributed by atoms with Crippen LogP contribution < -0.4 is 10.1 Å². The number of nitrogens with zero attached hydrogens (tertiary/aromatic N) is 2. The molecule has 0 aliphatic carbocycles. The average Bonchev–Trinajstić information content (AvgIpc) is 3.22. The van der Waals surface area contributed by atoms with Crippen molar-refractivity contribution in [1.82, 2.24) is 9.78 Å². The molecule has 0 bridgehead atoms. The van der Waals surface area contributed by atoms with Gasteiger partial charge in [0.2, 0.25) is 0 Å². The number of benzene rings is 3. The van der Waals surface area contributed by atoms with Crippen LogP contribution in [0, 0.1) is 5.82 Å². The number of anilines is 1. The Morgan fingerprint density at radius 2 is 1.72 bits per heavy atom. The molecule has 29 heavy (non-hydrogen) atoms. The van der Waals surface area contributed by atoms with Crippen LogP contribution in [-0.2, 0) is 0 Å². The van der Waals surface area contributed by atoms with Crippen LogP contribution in [0.1, 0.15) is 10.4 Å². The minimum absolute atomic E-state index is 0.0327. The second kappa shape index (κ2) is 7.98. The molecule has 1 aromatic heterocycles. The Labute approximate surface area is 167 Å². The Balaban J connectivity index is 1.51. The van der Waals surface area contributed by atoms with Gasteiger partial charge >= 0.3 is 0 Å². The van der Waals surface area contributed by atoms with E-state index in [0.29, 0.717) is 11.3 Å². The van der Waals surface area contributed by atoms with Crippen molar-refractivity contribution in [2.24, 2.45) is 0 Å². The lowest BCUT2D eigenvalue weighted by atomic mass is 10.0. The van der Waals surface area contributed by atoms with Crippen LogP contribution in [0.5, 0.6) is 5.75 Å². The van der Waals surface area contributed by atoms with Crippen molar-refractivity contribution in [2.75, 3.05) is 12.4 Å². The number of nitrogens with one attached hydrogen (secondary N) is 1. The standard InChI is InChI=1S/C23H18FN3O2/c1-29-20-10-7-16(8-11-20)17-9-12-21(22(24)13-17)23(28)26-18-14-25-27(15-18)19-5-3-2-4-6-19/h2-15H,1H3,(H,26,28). The molecule has 0 unspecified atom stereocenters. The maximum absolute atomic E-state index is 14.6. The van der Waals surface area contributed by atoms with Crippen molar-refractivity contribution in [3.63, 3.8) is 0 Å². The van der Waals surface area contributed by atoms with E-state index in [9.17, 15) is 9.18 Å². The summed E-state index contributed by atoms with van der Waals surface area (Å²) in [7, 11) is 1.59. The summed E-state index contributed by atoms with van der Waals surface area (Å²) in [6, 6.07) is 21.3. The predicted octanol–water partition coefficient (Wildman–Crippen LogP) is 4.94. The SMILES string of the molecule is COc1ccc(-c2ccc(C(=O)Nc3cnn(-c4ccccc4)c3)c(F)c2)cc1. The van der Waals surface area contributed by atoms with Gasteiger partial charge in [-0.05, 0) is 47.5 Å². The van der Waals surface area contributed by atoms with Gasteiger partial charge in [0.1, 0.15) is 11.6 Å². The number of halogens is 1. The molecule has 0 saturated carbocycles. The van der Waals surface area contributed by atoms with Crippen LogP contribution in [0.25, 0.3) is 16.8 Å². The molecule has 5 nitrogen and oxygen atoms in total. The molecule has 6 heteroatoms. The van der Waals surface area contributed by atoms with Crippen LogP contribution in [-0.4, -0.2) is 22.8 Å². The van der Waals surface area contributed by atoms with Gasteiger partial charge in [0.25, 0.3) is 5.91 Å². The highest BCUT2D eigenvalue weighted by atomic mass is 19.1. The van der Waals surface area contributed by atoms with Crippen molar-refractivity contribution in [2.45, 2.75) is 0 Å². The summed E-state index contributed by atoms with van der Waals surface area (Å²) in [6.45, 7) is 0. The first-order chi connectivity index (χ1) is 14.1. The van der Waals surface area contributed by atoms with E-state index in [-0.39, 0.29) is 5.56 Å². The van der Waals surface area contributed by atoms with E-state index in [1.807, 2.05) is 42.5 Å². The Morgan fingerprint density at radius 1 is 1.00 bits per heavy atom. The highest BCUT2D eigenvalue weighted by Gasteiger charge is 2.14. The van der Waals surface area contributed by atoms with E-state index in [0.717, 1.165) is 17.0 Å². The summed E-state index contributed by atoms with van der Waals surface area (Å²) in [6.07, 6.45) is 3.20. The van der Waals surface area contributed by atoms with E-state index in [1.165, 1.54) is 18.3 Å². The first-order valence-corrected chi connectivity index (χ1v) is 8.99. The Kier molecular flexibility index (Phi) is 5.07. The number of carbonyl (C=O) groups is 1. The van der Waals surface area contributed by atoms with Crippen molar-refractivity contribution in [1.29, 1.82) is 0 Å². The molecule has 0 radical (unpaired) electrons. The first-order valence-electron chi connectivity index (χ1n) is 8.99. The summed E-state index contributed by atoms with van der Waals surface area (Å²) >= 11 is 0. The average molecular weight is 387 g/mol. The molecule has 3 aromatic carbocycles. The Bertz CT molecular complexity index is 1140. The zero-order valence-corrected chi connectivity index (χ0v) is 15.7. The normalized spacial score (nSPS) is 10.6. The van der Waals surface area contributed by atoms with E-state index >= 15 is 0 Å². The fourth-order valence-corrected chi connectivity index (χ4v) is 2.97. The number of hydrogen-bond acceptors (Lipinski definition) is 3. The lowest BCUT2D eigenvalue weighted by Crippen LogP contribution is -2.13. The number of hydrogen-bond donors (Lipinski definition) is 1. The van der Waals surface area contributed by atoms with E-state index in [1.54, 1.807) is 36.2 Å². The third kappa shape index (κ3) is 4.01. The maximum Gasteiger partial charge on any atom is 0.258 e. The van der Waals surface area contributed by atoms with Crippen molar-refractivity contribution < 1.29 is 13.9 Å². The second-order valence-corrected chi connectivity index (χ2v) is 6.39. The predicted molar refractivity (Wildman–Crippen MR) is 110 cm³/mol. The van der Waals surface area contributed by atoms with Gasteiger partial charge in [-0.3, -0.25) is 4.79 Å². The van der Waals surface area contributed by atoms with Crippen molar-refractivity contribution >= 4 is 11.6 Å². The summed E-state index contributed by atoms with van der Waals surface area (Å²) in [5.41, 5.74) is 2.83. The smallest absolute Gasteiger partial charge is 0.258 e. The molecular formula is C23H18FN3O2. The monoisotopic (exact) mass is 387 g/mol. The summed E-state index contributed by atoms with van der Waals surface area (Å²) in [5, 5.41) is 6.91. The number of methoxy groups -OCH3 is 1. The van der Waals surface area contributed by atoms with Gasteiger partial charge in [-0.15, -0.1) is 0 Å². The molecule has 0 fully saturated rings. The molecule has 0 aliphatic rings. The summed E-state index contributed by atoms with van der Waals surface area (Å²) < 4.78 is 21.4. The topological polar surface area (TPSA) is 56.1 Å². The van der Waals surface area contributed by atoms with Gasteiger partial charge in [0, 0.05) is 0 Å². The van der Waals surface area contributed by atoms with Crippen molar-refractivity contribution in [3.05, 3.63) is 96.6 Å². The van der Waals surface area contributed by atoms with Crippen molar-refractivity contribution in [3.8, 4) is 22.6 Å². The number of carbonyl (C=O) groups excluding carboxylic acids is 1. The van der Waals surface area contributed by atoms with E-state index < -0.39 is 11.7 Å². The van der Waals surface area contributed by atoms with Gasteiger partial charge in [0.15, 0.2) is 0 Å². The minimum atomic E-state index is -0.591. The summed E-state index contributed by atoms with van der Waals surface area (Å²) in [5.74, 6) is -0.399. The van der Waals surface area contributed by atoms with Crippen LogP contribution in [0.3, 0.4) is 0 Å². The quantitative estimate of drug-likeness (QED) is 0.528. The van der Waals surface area contributed by atoms with Crippen LogP contribution in [0.2, 0.25) is 0 Å². The highest BCUT2D eigenvalue weighted by Crippen LogP contribution is 2.25. The highest BCUT2D eigenvalue weighted by molar-refractivity contribution is 6.04. The Hall–Kier alpha value is -3.93. The fourth-order valence-electron chi connectivity index (χ4n) is 2.97. The number of ether oxygens (including phenoxy) is 1. The summed E-state index contributed by atoms with van der Waals surface area (Å²) in [4.78, 5) is 12.5. The molecule has 4 rings (SSSR count). The zero-order chi connectivity index (χ0) is 20.2. The number of para-hydroxylation sites is 1. The lowest BCUT2D eigenvalue weighted by molar-refractivity contribution is 0.102. The maximum atomic E-state index is 14.6. The molecular weight excluding hydrogens is 369 g/mol. The molecule has 0 spiro atoms. The molecule has 1 amide bonds. The number of rotatable bonds is 5. The van der Waals surface area contributed by atoms with E-state index in [2.05, 4.69) is 10.4 Å². The molecule has 144 valence electrons. The minimum Gasteiger partial charge on any atom is -0.497 e. The molecule has 0 atom stereocenters. The molecule has 0 aliphatic heterocycles. The van der Waals surface area contributed by atoms with Crippen LogP contribution in [0.15, 0.2) is 85.2 Å². The lowest BCUT2D eigenvalue weighted by Gasteiger charge is -2.07.